The van der Waals surface area contributed by atoms with Gasteiger partial charge in [0.05, 0.1) is 6.42 Å². The highest BCUT2D eigenvalue weighted by Gasteiger charge is 2.18. The van der Waals surface area contributed by atoms with Crippen molar-refractivity contribution < 1.29 is 14.7 Å². The third-order valence-corrected chi connectivity index (χ3v) is 4.83. The summed E-state index contributed by atoms with van der Waals surface area (Å²) in [7, 11) is 1.59. The highest BCUT2D eigenvalue weighted by Crippen LogP contribution is 2.28. The molecule has 27 heavy (non-hydrogen) atoms. The van der Waals surface area contributed by atoms with Gasteiger partial charge in [-0.2, -0.15) is 0 Å². The first-order chi connectivity index (χ1) is 13.0. The highest BCUT2D eigenvalue weighted by atomic mass is 16.4. The van der Waals surface area contributed by atoms with Gasteiger partial charge in [-0.25, -0.2) is 4.79 Å². The summed E-state index contributed by atoms with van der Waals surface area (Å²) in [5.41, 5.74) is 4.98. The van der Waals surface area contributed by atoms with Gasteiger partial charge in [-0.05, 0) is 29.2 Å². The Bertz CT molecular complexity index is 805. The predicted molar refractivity (Wildman–Crippen MR) is 105 cm³/mol. The predicted octanol–water partition coefficient (Wildman–Crippen LogP) is 2.87. The maximum Gasteiger partial charge on any atom is 0.317 e. The SMILES string of the molecule is CN(CCC(=O)O)C(=O)NCc1ccc(CN2CCc3ccccc32)cc1. The molecule has 0 aliphatic carbocycles. The number of nitrogens with zero attached hydrogens (tertiary/aromatic N) is 2. The van der Waals surface area contributed by atoms with E-state index in [0.29, 0.717) is 6.54 Å². The number of amides is 2. The third-order valence-electron chi connectivity index (χ3n) is 4.83. The molecule has 1 aliphatic rings. The average molecular weight is 367 g/mol. The molecule has 1 aliphatic heterocycles. The molecule has 0 fully saturated rings. The molecule has 0 spiro atoms. The van der Waals surface area contributed by atoms with Crippen LogP contribution in [0.3, 0.4) is 0 Å². The van der Waals surface area contributed by atoms with E-state index in [4.69, 9.17) is 5.11 Å². The molecule has 0 atom stereocenters. The van der Waals surface area contributed by atoms with Crippen LogP contribution < -0.4 is 10.2 Å². The first-order valence-electron chi connectivity index (χ1n) is 9.14. The summed E-state index contributed by atoms with van der Waals surface area (Å²) in [4.78, 5) is 26.3. The van der Waals surface area contributed by atoms with Crippen molar-refractivity contribution in [1.29, 1.82) is 0 Å². The lowest BCUT2D eigenvalue weighted by Gasteiger charge is -2.20. The van der Waals surface area contributed by atoms with Crippen LogP contribution in [0.25, 0.3) is 0 Å². The zero-order valence-corrected chi connectivity index (χ0v) is 15.5. The number of rotatable bonds is 7. The smallest absolute Gasteiger partial charge is 0.317 e. The largest absolute Gasteiger partial charge is 0.481 e. The van der Waals surface area contributed by atoms with Gasteiger partial charge in [-0.1, -0.05) is 42.5 Å². The lowest BCUT2D eigenvalue weighted by Crippen LogP contribution is -2.37. The average Bonchev–Trinajstić information content (AvgIpc) is 3.08. The van der Waals surface area contributed by atoms with E-state index in [-0.39, 0.29) is 19.0 Å². The standard InChI is InChI=1S/C21H25N3O3/c1-23(12-11-20(25)26)21(27)22-14-16-6-8-17(9-7-16)15-24-13-10-18-4-2-3-5-19(18)24/h2-9H,10-15H2,1H3,(H,22,27)(H,25,26). The molecular formula is C21H25N3O3. The molecule has 0 unspecified atom stereocenters. The summed E-state index contributed by atoms with van der Waals surface area (Å²) in [6.45, 7) is 2.53. The van der Waals surface area contributed by atoms with Gasteiger partial charge in [0.25, 0.3) is 0 Å². The summed E-state index contributed by atoms with van der Waals surface area (Å²) >= 11 is 0. The molecule has 0 bridgehead atoms. The van der Waals surface area contributed by atoms with Crippen molar-refractivity contribution >= 4 is 17.7 Å². The van der Waals surface area contributed by atoms with Gasteiger partial charge >= 0.3 is 12.0 Å². The van der Waals surface area contributed by atoms with Gasteiger partial charge < -0.3 is 20.2 Å². The van der Waals surface area contributed by atoms with Crippen molar-refractivity contribution in [2.45, 2.75) is 25.9 Å². The lowest BCUT2D eigenvalue weighted by atomic mass is 10.1. The van der Waals surface area contributed by atoms with E-state index in [0.717, 1.165) is 25.1 Å². The molecule has 0 saturated heterocycles. The zero-order chi connectivity index (χ0) is 19.2. The number of anilines is 1. The number of carboxylic acids is 1. The van der Waals surface area contributed by atoms with Crippen LogP contribution in [0.1, 0.15) is 23.1 Å². The summed E-state index contributed by atoms with van der Waals surface area (Å²) in [5, 5.41) is 11.5. The molecule has 142 valence electrons. The summed E-state index contributed by atoms with van der Waals surface area (Å²) in [6, 6.07) is 16.5. The molecule has 6 nitrogen and oxygen atoms in total. The molecule has 2 N–H and O–H groups in total. The van der Waals surface area contributed by atoms with Crippen molar-refractivity contribution in [3.63, 3.8) is 0 Å². The second kappa shape index (κ2) is 8.58. The van der Waals surface area contributed by atoms with Gasteiger partial charge in [0.2, 0.25) is 0 Å². The van der Waals surface area contributed by atoms with E-state index in [1.54, 1.807) is 7.05 Å². The van der Waals surface area contributed by atoms with Crippen molar-refractivity contribution in [1.82, 2.24) is 10.2 Å². The Balaban J connectivity index is 1.49. The number of carboxylic acid groups (broad SMARTS) is 1. The van der Waals surface area contributed by atoms with E-state index in [1.807, 2.05) is 12.1 Å². The van der Waals surface area contributed by atoms with E-state index in [9.17, 15) is 9.59 Å². The molecular weight excluding hydrogens is 342 g/mol. The minimum atomic E-state index is -0.911. The number of urea groups is 1. The maximum atomic E-state index is 12.0. The number of hydrogen-bond donors (Lipinski definition) is 2. The minimum Gasteiger partial charge on any atom is -0.481 e. The Labute approximate surface area is 159 Å². The maximum absolute atomic E-state index is 12.0. The Hall–Kier alpha value is -3.02. The molecule has 3 rings (SSSR count). The zero-order valence-electron chi connectivity index (χ0n) is 15.5. The monoisotopic (exact) mass is 367 g/mol. The molecule has 0 aromatic heterocycles. The van der Waals surface area contributed by atoms with Crippen LogP contribution in [0.2, 0.25) is 0 Å². The van der Waals surface area contributed by atoms with Crippen molar-refractivity contribution in [3.05, 3.63) is 65.2 Å². The lowest BCUT2D eigenvalue weighted by molar-refractivity contribution is -0.137. The van der Waals surface area contributed by atoms with Gasteiger partial charge in [-0.15, -0.1) is 0 Å². The Morgan fingerprint density at radius 2 is 1.81 bits per heavy atom. The fourth-order valence-corrected chi connectivity index (χ4v) is 3.23. The molecule has 2 amide bonds. The van der Waals surface area contributed by atoms with Gasteiger partial charge in [-0.3, -0.25) is 4.79 Å². The number of para-hydroxylation sites is 1. The number of carbonyl (C=O) groups is 2. The van der Waals surface area contributed by atoms with Gasteiger partial charge in [0.15, 0.2) is 0 Å². The van der Waals surface area contributed by atoms with Crippen LogP contribution in [0.5, 0.6) is 0 Å². The number of benzene rings is 2. The topological polar surface area (TPSA) is 72.9 Å². The first kappa shape index (κ1) is 18.8. The van der Waals surface area contributed by atoms with Crippen molar-refractivity contribution in [2.24, 2.45) is 0 Å². The van der Waals surface area contributed by atoms with Crippen LogP contribution in [-0.2, 0) is 24.3 Å². The summed E-state index contributed by atoms with van der Waals surface area (Å²) in [6.07, 6.45) is 1.04. The molecule has 0 radical (unpaired) electrons. The van der Waals surface area contributed by atoms with Crippen molar-refractivity contribution in [2.75, 3.05) is 25.0 Å². The van der Waals surface area contributed by atoms with E-state index >= 15 is 0 Å². The summed E-state index contributed by atoms with van der Waals surface area (Å²) in [5.74, 6) is -0.911. The minimum absolute atomic E-state index is 0.0573. The first-order valence-corrected chi connectivity index (χ1v) is 9.14. The number of hydrogen-bond acceptors (Lipinski definition) is 3. The number of nitrogens with one attached hydrogen (secondary N) is 1. The van der Waals surface area contributed by atoms with Crippen LogP contribution in [0, 0.1) is 0 Å². The second-order valence-electron chi connectivity index (χ2n) is 6.84. The van der Waals surface area contributed by atoms with E-state index < -0.39 is 5.97 Å². The van der Waals surface area contributed by atoms with Crippen molar-refractivity contribution in [3.8, 4) is 0 Å². The quantitative estimate of drug-likeness (QED) is 0.789. The second-order valence-corrected chi connectivity index (χ2v) is 6.84. The molecule has 2 aromatic carbocycles. The molecule has 2 aromatic rings. The normalized spacial score (nSPS) is 12.6. The van der Waals surface area contributed by atoms with Crippen LogP contribution >= 0.6 is 0 Å². The van der Waals surface area contributed by atoms with E-state index in [2.05, 4.69) is 46.6 Å². The Kier molecular flexibility index (Phi) is 5.96. The third kappa shape index (κ3) is 5.00. The van der Waals surface area contributed by atoms with Crippen LogP contribution in [0.15, 0.2) is 48.5 Å². The fraction of sp³-hybridized carbons (Fsp3) is 0.333. The molecule has 1 heterocycles. The molecule has 0 saturated carbocycles. The number of aliphatic carboxylic acids is 1. The van der Waals surface area contributed by atoms with Gasteiger partial charge in [0, 0.05) is 38.9 Å². The Morgan fingerprint density at radius 3 is 2.56 bits per heavy atom. The number of fused-ring (bicyclic) bond motifs is 1. The van der Waals surface area contributed by atoms with Crippen LogP contribution in [-0.4, -0.2) is 42.1 Å². The summed E-state index contributed by atoms with van der Waals surface area (Å²) < 4.78 is 0. The van der Waals surface area contributed by atoms with Gasteiger partial charge in [0.1, 0.15) is 0 Å². The fourth-order valence-electron chi connectivity index (χ4n) is 3.23. The molecule has 6 heteroatoms. The Morgan fingerprint density at radius 1 is 1.11 bits per heavy atom. The van der Waals surface area contributed by atoms with Crippen LogP contribution in [0.4, 0.5) is 10.5 Å². The number of carbonyl (C=O) groups excluding carboxylic acids is 1. The van der Waals surface area contributed by atoms with E-state index in [1.165, 1.54) is 21.7 Å². The highest BCUT2D eigenvalue weighted by molar-refractivity contribution is 5.75.